The van der Waals surface area contributed by atoms with Crippen molar-refractivity contribution in [2.24, 2.45) is 5.92 Å². The zero-order valence-electron chi connectivity index (χ0n) is 14.3. The van der Waals surface area contributed by atoms with E-state index in [-0.39, 0.29) is 31.5 Å². The van der Waals surface area contributed by atoms with Crippen LogP contribution < -0.4 is 0 Å². The maximum atomic E-state index is 12.5. The van der Waals surface area contributed by atoms with Crippen LogP contribution in [0.4, 0.5) is 4.79 Å². The summed E-state index contributed by atoms with van der Waals surface area (Å²) in [5.41, 5.74) is 0.883. The van der Waals surface area contributed by atoms with Crippen LogP contribution in [0.5, 0.6) is 0 Å². The van der Waals surface area contributed by atoms with E-state index in [0.29, 0.717) is 19.6 Å². The third-order valence-corrected chi connectivity index (χ3v) is 4.35. The Morgan fingerprint density at radius 2 is 2.08 bits per heavy atom. The number of carbonyl (C=O) groups is 3. The average molecular weight is 348 g/mol. The predicted octanol–water partition coefficient (Wildman–Crippen LogP) is 1.05. The molecule has 2 atom stereocenters. The van der Waals surface area contributed by atoms with Crippen molar-refractivity contribution in [1.29, 1.82) is 0 Å². The molecule has 2 rings (SSSR count). The maximum Gasteiger partial charge on any atom is 0.410 e. The van der Waals surface area contributed by atoms with Crippen molar-refractivity contribution >= 4 is 18.3 Å². The molecule has 1 heterocycles. The second kappa shape index (κ2) is 9.17. The van der Waals surface area contributed by atoms with Crippen molar-refractivity contribution in [3.05, 3.63) is 35.9 Å². The lowest BCUT2D eigenvalue weighted by atomic mass is 10.1. The molecule has 0 radical (unpaired) electrons. The van der Waals surface area contributed by atoms with Gasteiger partial charge >= 0.3 is 6.09 Å². The third-order valence-electron chi connectivity index (χ3n) is 4.35. The lowest BCUT2D eigenvalue weighted by Gasteiger charge is -2.39. The van der Waals surface area contributed by atoms with Crippen LogP contribution in [0, 0.1) is 5.92 Å². The molecule has 1 N–H and O–H groups in total. The largest absolute Gasteiger partial charge is 0.445 e. The summed E-state index contributed by atoms with van der Waals surface area (Å²) < 4.78 is 5.29. The number of amides is 2. The summed E-state index contributed by atoms with van der Waals surface area (Å²) in [5.74, 6) is -0.475. The lowest BCUT2D eigenvalue weighted by Crippen LogP contribution is -2.58. The molecule has 1 aromatic carbocycles. The first kappa shape index (κ1) is 18.9. The number of nitrogens with zero attached hydrogens (tertiary/aromatic N) is 2. The number of piperazine rings is 1. The highest BCUT2D eigenvalue weighted by Crippen LogP contribution is 2.16. The Morgan fingerprint density at radius 1 is 1.36 bits per heavy atom. The van der Waals surface area contributed by atoms with Crippen LogP contribution in [0.15, 0.2) is 30.3 Å². The molecule has 0 bridgehead atoms. The molecular formula is C18H24N2O5. The molecule has 0 spiro atoms. The normalized spacial score (nSPS) is 18.8. The van der Waals surface area contributed by atoms with Crippen LogP contribution >= 0.6 is 0 Å². The molecule has 1 aliphatic rings. The fraction of sp³-hybridized carbons (Fsp3) is 0.500. The Morgan fingerprint density at radius 3 is 2.72 bits per heavy atom. The molecule has 2 amide bonds. The van der Waals surface area contributed by atoms with E-state index >= 15 is 0 Å². The van der Waals surface area contributed by atoms with Crippen molar-refractivity contribution in [3.63, 3.8) is 0 Å². The molecule has 1 aromatic rings. The number of hydrogen-bond acceptors (Lipinski definition) is 5. The number of aliphatic hydroxyl groups is 1. The van der Waals surface area contributed by atoms with Gasteiger partial charge < -0.3 is 19.5 Å². The maximum absolute atomic E-state index is 12.5. The van der Waals surface area contributed by atoms with E-state index in [1.165, 1.54) is 4.90 Å². The van der Waals surface area contributed by atoms with Gasteiger partial charge in [0.2, 0.25) is 5.91 Å². The molecule has 1 aliphatic heterocycles. The second-order valence-corrected chi connectivity index (χ2v) is 6.14. The van der Waals surface area contributed by atoms with Gasteiger partial charge in [0.15, 0.2) is 0 Å². The summed E-state index contributed by atoms with van der Waals surface area (Å²) in [6.07, 6.45) is 0.430. The number of aldehydes is 1. The fourth-order valence-electron chi connectivity index (χ4n) is 2.82. The van der Waals surface area contributed by atoms with Gasteiger partial charge in [-0.05, 0) is 12.5 Å². The van der Waals surface area contributed by atoms with Gasteiger partial charge in [-0.25, -0.2) is 4.79 Å². The summed E-state index contributed by atoms with van der Waals surface area (Å²) in [4.78, 5) is 38.4. The lowest BCUT2D eigenvalue weighted by molar-refractivity contribution is -0.141. The van der Waals surface area contributed by atoms with Crippen LogP contribution in [0.1, 0.15) is 18.9 Å². The van der Waals surface area contributed by atoms with Crippen molar-refractivity contribution < 1.29 is 24.2 Å². The van der Waals surface area contributed by atoms with E-state index in [9.17, 15) is 19.5 Å². The Bertz CT molecular complexity index is 592. The van der Waals surface area contributed by atoms with Crippen molar-refractivity contribution in [2.45, 2.75) is 26.0 Å². The fourth-order valence-corrected chi connectivity index (χ4v) is 2.82. The molecule has 1 unspecified atom stereocenters. The first-order valence-electron chi connectivity index (χ1n) is 8.37. The predicted molar refractivity (Wildman–Crippen MR) is 90.6 cm³/mol. The van der Waals surface area contributed by atoms with Crippen LogP contribution in [-0.2, 0) is 20.9 Å². The highest BCUT2D eigenvalue weighted by Gasteiger charge is 2.35. The number of aliphatic hydroxyl groups excluding tert-OH is 1. The minimum absolute atomic E-state index is 0.153. The molecule has 1 fully saturated rings. The van der Waals surface area contributed by atoms with Crippen LogP contribution in [-0.4, -0.2) is 65.5 Å². The van der Waals surface area contributed by atoms with Gasteiger partial charge in [-0.1, -0.05) is 30.3 Å². The van der Waals surface area contributed by atoms with Crippen molar-refractivity contribution in [3.8, 4) is 0 Å². The first-order valence-corrected chi connectivity index (χ1v) is 8.37. The van der Waals surface area contributed by atoms with Gasteiger partial charge in [0.1, 0.15) is 18.9 Å². The molecule has 0 aliphatic carbocycles. The molecule has 7 heteroatoms. The quantitative estimate of drug-likeness (QED) is 0.745. The van der Waals surface area contributed by atoms with Crippen LogP contribution in [0.2, 0.25) is 0 Å². The van der Waals surface area contributed by atoms with E-state index in [1.54, 1.807) is 11.8 Å². The zero-order chi connectivity index (χ0) is 18.2. The SMILES string of the molecule is C[C@H]1C(=O)N(CC(CO)CC=O)CCN1C(=O)OCc1ccccc1. The monoisotopic (exact) mass is 348 g/mol. The number of rotatable bonds is 7. The Balaban J connectivity index is 1.89. The van der Waals surface area contributed by atoms with Gasteiger partial charge in [-0.2, -0.15) is 0 Å². The summed E-state index contributed by atoms with van der Waals surface area (Å²) in [5, 5.41) is 9.28. The molecule has 136 valence electrons. The Kier molecular flexibility index (Phi) is 6.94. The molecule has 1 saturated heterocycles. The van der Waals surface area contributed by atoms with Gasteiger partial charge in [0.25, 0.3) is 0 Å². The highest BCUT2D eigenvalue weighted by molar-refractivity contribution is 5.86. The minimum atomic E-state index is -0.632. The van der Waals surface area contributed by atoms with E-state index < -0.39 is 12.1 Å². The number of benzene rings is 1. The van der Waals surface area contributed by atoms with Gasteiger partial charge in [-0.15, -0.1) is 0 Å². The molecule has 7 nitrogen and oxygen atoms in total. The first-order chi connectivity index (χ1) is 12.1. The third kappa shape index (κ3) is 5.03. The highest BCUT2D eigenvalue weighted by atomic mass is 16.6. The smallest absolute Gasteiger partial charge is 0.410 e. The van der Waals surface area contributed by atoms with Gasteiger partial charge in [0, 0.05) is 38.6 Å². The molecular weight excluding hydrogens is 324 g/mol. The molecule has 25 heavy (non-hydrogen) atoms. The van der Waals surface area contributed by atoms with Crippen LogP contribution in [0.25, 0.3) is 0 Å². The Hall–Kier alpha value is -2.41. The number of carbonyl (C=O) groups excluding carboxylic acids is 3. The standard InChI is InChI=1S/C18H24N2O5/c1-14-17(23)19(11-16(12-22)7-10-21)8-9-20(14)18(24)25-13-15-5-3-2-4-6-15/h2-6,10,14,16,22H,7-9,11-13H2,1H3/t14-,16?/m0/s1. The van der Waals surface area contributed by atoms with E-state index in [2.05, 4.69) is 0 Å². The van der Waals surface area contributed by atoms with Gasteiger partial charge in [-0.3, -0.25) is 9.69 Å². The van der Waals surface area contributed by atoms with Crippen molar-refractivity contribution in [2.75, 3.05) is 26.2 Å². The molecule has 0 saturated carbocycles. The van der Waals surface area contributed by atoms with E-state index in [1.807, 2.05) is 30.3 Å². The van der Waals surface area contributed by atoms with E-state index in [0.717, 1.165) is 11.8 Å². The average Bonchev–Trinajstić information content (AvgIpc) is 2.64. The summed E-state index contributed by atoms with van der Waals surface area (Å²) >= 11 is 0. The van der Waals surface area contributed by atoms with Crippen LogP contribution in [0.3, 0.4) is 0 Å². The van der Waals surface area contributed by atoms with Crippen molar-refractivity contribution in [1.82, 2.24) is 9.80 Å². The van der Waals surface area contributed by atoms with Gasteiger partial charge in [0.05, 0.1) is 0 Å². The summed E-state index contributed by atoms with van der Waals surface area (Å²) in [6, 6.07) is 8.71. The second-order valence-electron chi connectivity index (χ2n) is 6.14. The van der Waals surface area contributed by atoms with E-state index in [4.69, 9.17) is 4.74 Å². The number of ether oxygens (including phenoxy) is 1. The summed E-state index contributed by atoms with van der Waals surface area (Å²) in [6.45, 7) is 2.70. The topological polar surface area (TPSA) is 87.2 Å². The molecule has 0 aromatic heterocycles. The summed E-state index contributed by atoms with van der Waals surface area (Å²) in [7, 11) is 0. The Labute approximate surface area is 147 Å². The number of hydrogen-bond donors (Lipinski definition) is 1. The minimum Gasteiger partial charge on any atom is -0.445 e. The zero-order valence-corrected chi connectivity index (χ0v) is 14.3.